The summed E-state index contributed by atoms with van der Waals surface area (Å²) in [6.45, 7) is 4.65. The normalized spacial score (nSPS) is 17.4. The van der Waals surface area contributed by atoms with Gasteiger partial charge in [0, 0.05) is 19.8 Å². The van der Waals surface area contributed by atoms with Gasteiger partial charge in [-0.25, -0.2) is 4.79 Å². The molecule has 0 amide bonds. The Labute approximate surface area is 141 Å². The summed E-state index contributed by atoms with van der Waals surface area (Å²) < 4.78 is 14.5. The number of aryl methyl sites for hydroxylation is 1. The van der Waals surface area contributed by atoms with E-state index < -0.39 is 6.10 Å². The van der Waals surface area contributed by atoms with E-state index >= 15 is 0 Å². The van der Waals surface area contributed by atoms with Gasteiger partial charge in [0.15, 0.2) is 0 Å². The zero-order valence-corrected chi connectivity index (χ0v) is 14.2. The monoisotopic (exact) mass is 334 g/mol. The number of aliphatic hydroxyl groups excluding tert-OH is 1. The Hall–Kier alpha value is -1.63. The SMILES string of the molecule is CCCn1c(=O)n(CC(O)COC2CCOCC2)c2ccccc21. The minimum Gasteiger partial charge on any atom is -0.389 e. The van der Waals surface area contributed by atoms with E-state index in [2.05, 4.69) is 6.92 Å². The maximum absolute atomic E-state index is 12.7. The first kappa shape index (κ1) is 17.2. The fraction of sp³-hybridized carbons (Fsp3) is 0.611. The summed E-state index contributed by atoms with van der Waals surface area (Å²) in [7, 11) is 0. The first-order chi connectivity index (χ1) is 11.7. The highest BCUT2D eigenvalue weighted by molar-refractivity contribution is 5.75. The maximum Gasteiger partial charge on any atom is 0.329 e. The molecule has 132 valence electrons. The lowest BCUT2D eigenvalue weighted by atomic mass is 10.1. The van der Waals surface area contributed by atoms with E-state index in [9.17, 15) is 9.90 Å². The van der Waals surface area contributed by atoms with Gasteiger partial charge >= 0.3 is 5.69 Å². The molecule has 0 saturated carbocycles. The first-order valence-electron chi connectivity index (χ1n) is 8.76. The van der Waals surface area contributed by atoms with Crippen LogP contribution in [0.1, 0.15) is 26.2 Å². The molecule has 0 spiro atoms. The number of hydrogen-bond acceptors (Lipinski definition) is 4. The molecule has 1 fully saturated rings. The zero-order chi connectivity index (χ0) is 16.9. The average molecular weight is 334 g/mol. The van der Waals surface area contributed by atoms with Crippen molar-refractivity contribution in [1.82, 2.24) is 9.13 Å². The van der Waals surface area contributed by atoms with E-state index in [0.29, 0.717) is 19.8 Å². The van der Waals surface area contributed by atoms with Gasteiger partial charge in [-0.1, -0.05) is 19.1 Å². The van der Waals surface area contributed by atoms with Gasteiger partial charge in [0.05, 0.1) is 36.4 Å². The number of fused-ring (bicyclic) bond motifs is 1. The van der Waals surface area contributed by atoms with Crippen molar-refractivity contribution in [3.63, 3.8) is 0 Å². The molecule has 0 aliphatic carbocycles. The van der Waals surface area contributed by atoms with Crippen molar-refractivity contribution in [2.75, 3.05) is 19.8 Å². The lowest BCUT2D eigenvalue weighted by molar-refractivity contribution is -0.0617. The smallest absolute Gasteiger partial charge is 0.329 e. The quantitative estimate of drug-likeness (QED) is 0.838. The van der Waals surface area contributed by atoms with Crippen LogP contribution in [0.15, 0.2) is 29.1 Å². The largest absolute Gasteiger partial charge is 0.389 e. The van der Waals surface area contributed by atoms with Gasteiger partial charge in [0.2, 0.25) is 0 Å². The summed E-state index contributed by atoms with van der Waals surface area (Å²) in [5, 5.41) is 10.3. The van der Waals surface area contributed by atoms with Crippen molar-refractivity contribution in [2.45, 2.75) is 51.5 Å². The Bertz CT molecular complexity index is 715. The van der Waals surface area contributed by atoms with Crippen LogP contribution in [0.3, 0.4) is 0 Å². The number of nitrogens with zero attached hydrogens (tertiary/aromatic N) is 2. The standard InChI is InChI=1S/C18H26N2O4/c1-2-9-19-16-5-3-4-6-17(16)20(18(19)22)12-14(21)13-24-15-7-10-23-11-8-15/h3-6,14-15,21H,2,7-13H2,1H3. The lowest BCUT2D eigenvalue weighted by Crippen LogP contribution is -2.33. The van der Waals surface area contributed by atoms with Crippen LogP contribution in [0.2, 0.25) is 0 Å². The van der Waals surface area contributed by atoms with E-state index in [1.54, 1.807) is 9.13 Å². The number of rotatable bonds is 7. The third-order valence-electron chi connectivity index (χ3n) is 4.46. The van der Waals surface area contributed by atoms with Gasteiger partial charge in [-0.05, 0) is 31.4 Å². The number of para-hydroxylation sites is 2. The third kappa shape index (κ3) is 3.71. The summed E-state index contributed by atoms with van der Waals surface area (Å²) in [6, 6.07) is 7.73. The highest BCUT2D eigenvalue weighted by atomic mass is 16.5. The molecule has 3 rings (SSSR count). The maximum atomic E-state index is 12.7. The van der Waals surface area contributed by atoms with E-state index in [0.717, 1.165) is 30.3 Å². The number of benzene rings is 1. The van der Waals surface area contributed by atoms with Crippen molar-refractivity contribution in [3.8, 4) is 0 Å². The van der Waals surface area contributed by atoms with E-state index in [1.807, 2.05) is 24.3 Å². The van der Waals surface area contributed by atoms with E-state index in [4.69, 9.17) is 9.47 Å². The topological polar surface area (TPSA) is 65.6 Å². The molecule has 1 saturated heterocycles. The predicted molar refractivity (Wildman–Crippen MR) is 92.3 cm³/mol. The molecule has 1 aromatic carbocycles. The van der Waals surface area contributed by atoms with Crippen molar-refractivity contribution >= 4 is 11.0 Å². The summed E-state index contributed by atoms with van der Waals surface area (Å²) in [5.41, 5.74) is 1.71. The minimum absolute atomic E-state index is 0.0665. The summed E-state index contributed by atoms with van der Waals surface area (Å²) in [5.74, 6) is 0. The molecule has 0 bridgehead atoms. The van der Waals surface area contributed by atoms with Crippen LogP contribution in [0, 0.1) is 0 Å². The van der Waals surface area contributed by atoms with Gasteiger partial charge in [-0.3, -0.25) is 9.13 Å². The van der Waals surface area contributed by atoms with Crippen LogP contribution in [-0.2, 0) is 22.6 Å². The molecule has 1 atom stereocenters. The van der Waals surface area contributed by atoms with Gasteiger partial charge in [0.25, 0.3) is 0 Å². The summed E-state index contributed by atoms with van der Waals surface area (Å²) >= 11 is 0. The molecule has 0 radical (unpaired) electrons. The molecule has 2 aromatic rings. The lowest BCUT2D eigenvalue weighted by Gasteiger charge is -2.23. The third-order valence-corrected chi connectivity index (χ3v) is 4.46. The number of imidazole rings is 1. The van der Waals surface area contributed by atoms with Crippen molar-refractivity contribution in [2.24, 2.45) is 0 Å². The Morgan fingerprint density at radius 3 is 2.58 bits per heavy atom. The second-order valence-corrected chi connectivity index (χ2v) is 6.33. The summed E-state index contributed by atoms with van der Waals surface area (Å²) in [4.78, 5) is 12.7. The number of aromatic nitrogens is 2. The zero-order valence-electron chi connectivity index (χ0n) is 14.2. The molecule has 1 N–H and O–H groups in total. The van der Waals surface area contributed by atoms with Gasteiger partial charge < -0.3 is 14.6 Å². The van der Waals surface area contributed by atoms with E-state index in [-0.39, 0.29) is 24.9 Å². The molecule has 1 aliphatic rings. The Morgan fingerprint density at radius 1 is 1.25 bits per heavy atom. The minimum atomic E-state index is -0.702. The van der Waals surface area contributed by atoms with Crippen molar-refractivity contribution in [1.29, 1.82) is 0 Å². The molecule has 1 aromatic heterocycles. The van der Waals surface area contributed by atoms with E-state index in [1.165, 1.54) is 0 Å². The van der Waals surface area contributed by atoms with Gasteiger partial charge in [0.1, 0.15) is 0 Å². The molecular weight excluding hydrogens is 308 g/mol. The van der Waals surface area contributed by atoms with Crippen LogP contribution in [0.25, 0.3) is 11.0 Å². The summed E-state index contributed by atoms with van der Waals surface area (Å²) in [6.07, 6.45) is 2.06. The second kappa shape index (κ2) is 7.96. The van der Waals surface area contributed by atoms with Crippen LogP contribution in [0.5, 0.6) is 0 Å². The Morgan fingerprint density at radius 2 is 1.92 bits per heavy atom. The van der Waals surface area contributed by atoms with Crippen molar-refractivity contribution < 1.29 is 14.6 Å². The van der Waals surface area contributed by atoms with Crippen LogP contribution in [0.4, 0.5) is 0 Å². The molecule has 6 heteroatoms. The second-order valence-electron chi connectivity index (χ2n) is 6.33. The predicted octanol–water partition coefficient (Wildman–Crippen LogP) is 1.77. The molecule has 6 nitrogen and oxygen atoms in total. The molecular formula is C18H26N2O4. The first-order valence-corrected chi connectivity index (χ1v) is 8.76. The fourth-order valence-corrected chi connectivity index (χ4v) is 3.24. The molecule has 1 unspecified atom stereocenters. The highest BCUT2D eigenvalue weighted by Crippen LogP contribution is 2.15. The number of ether oxygens (including phenoxy) is 2. The van der Waals surface area contributed by atoms with Crippen LogP contribution >= 0.6 is 0 Å². The number of hydrogen-bond donors (Lipinski definition) is 1. The Kier molecular flexibility index (Phi) is 5.71. The van der Waals surface area contributed by atoms with Gasteiger partial charge in [-0.2, -0.15) is 0 Å². The molecule has 1 aliphatic heterocycles. The highest BCUT2D eigenvalue weighted by Gasteiger charge is 2.18. The van der Waals surface area contributed by atoms with Gasteiger partial charge in [-0.15, -0.1) is 0 Å². The number of aliphatic hydroxyl groups is 1. The fourth-order valence-electron chi connectivity index (χ4n) is 3.24. The Balaban J connectivity index is 1.72. The average Bonchev–Trinajstić information content (AvgIpc) is 2.87. The molecule has 24 heavy (non-hydrogen) atoms. The van der Waals surface area contributed by atoms with Crippen LogP contribution < -0.4 is 5.69 Å². The van der Waals surface area contributed by atoms with Crippen molar-refractivity contribution in [3.05, 3.63) is 34.7 Å². The van der Waals surface area contributed by atoms with Crippen LogP contribution in [-0.4, -0.2) is 46.3 Å². The molecule has 2 heterocycles.